The van der Waals surface area contributed by atoms with Crippen molar-refractivity contribution in [2.45, 2.75) is 89.1 Å². The van der Waals surface area contributed by atoms with Crippen molar-refractivity contribution in [2.24, 2.45) is 0 Å². The molecule has 202 valence electrons. The minimum absolute atomic E-state index is 0.103. The third-order valence-corrected chi connectivity index (χ3v) is 40.2. The molecule has 3 aliphatic rings. The average Bonchev–Trinajstić information content (AvgIpc) is 3.68. The van der Waals surface area contributed by atoms with Crippen LogP contribution in [-0.4, -0.2) is 4.26 Å². The van der Waals surface area contributed by atoms with Crippen molar-refractivity contribution in [2.75, 3.05) is 0 Å². The van der Waals surface area contributed by atoms with E-state index in [1.54, 1.807) is 14.4 Å². The molecule has 0 unspecified atom stereocenters. The molecule has 0 amide bonds. The van der Waals surface area contributed by atoms with Gasteiger partial charge in [0.1, 0.15) is 0 Å². The fourth-order valence-corrected chi connectivity index (χ4v) is 38.9. The van der Waals surface area contributed by atoms with Crippen molar-refractivity contribution in [3.8, 4) is 11.1 Å². The van der Waals surface area contributed by atoms with Crippen LogP contribution in [0, 0.1) is 0 Å². The molecule has 0 atom stereocenters. The summed E-state index contributed by atoms with van der Waals surface area (Å²) in [5, 5.41) is 0. The summed E-state index contributed by atoms with van der Waals surface area (Å²) >= 11 is -4.49. The van der Waals surface area contributed by atoms with Gasteiger partial charge in [0.15, 0.2) is 0 Å². The van der Waals surface area contributed by atoms with Crippen LogP contribution in [0.4, 0.5) is 0 Å². The first-order valence-corrected chi connectivity index (χ1v) is 25.7. The van der Waals surface area contributed by atoms with Crippen LogP contribution in [0.5, 0.6) is 0 Å². The van der Waals surface area contributed by atoms with Gasteiger partial charge in [-0.15, -0.1) is 0 Å². The van der Waals surface area contributed by atoms with E-state index in [0.717, 1.165) is 0 Å². The van der Waals surface area contributed by atoms with Crippen molar-refractivity contribution in [1.82, 2.24) is 0 Å². The van der Waals surface area contributed by atoms with E-state index in [2.05, 4.69) is 133 Å². The Kier molecular flexibility index (Phi) is 6.39. The first-order chi connectivity index (χ1) is 18.4. The molecular weight excluding hydrogens is 635 g/mol. The fourth-order valence-electron chi connectivity index (χ4n) is 8.56. The van der Waals surface area contributed by atoms with E-state index in [4.69, 9.17) is 4.26 Å². The van der Waals surface area contributed by atoms with Crippen molar-refractivity contribution >= 4 is 7.58 Å². The zero-order chi connectivity index (χ0) is 27.7. The van der Waals surface area contributed by atoms with E-state index < -0.39 is 18.0 Å². The minimum atomic E-state index is -4.49. The van der Waals surface area contributed by atoms with Crippen LogP contribution >= 0.6 is 0 Å². The summed E-state index contributed by atoms with van der Waals surface area (Å²) in [4.78, 5) is 0. The van der Waals surface area contributed by atoms with E-state index in [-0.39, 0.29) is 10.8 Å². The average molecular weight is 681 g/mol. The van der Waals surface area contributed by atoms with Gasteiger partial charge in [-0.25, -0.2) is 0 Å². The van der Waals surface area contributed by atoms with Crippen LogP contribution < -0.4 is 3.32 Å². The van der Waals surface area contributed by atoms with Gasteiger partial charge in [0.05, 0.1) is 0 Å². The Morgan fingerprint density at radius 2 is 1.15 bits per heavy atom. The molecule has 1 saturated carbocycles. The number of allylic oxidation sites excluding steroid dienone is 4. The summed E-state index contributed by atoms with van der Waals surface area (Å²) in [5.74, 6) is 0. The van der Waals surface area contributed by atoms with Crippen molar-refractivity contribution in [3.63, 3.8) is 0 Å². The number of fused-ring (bicyclic) bond motifs is 3. The van der Waals surface area contributed by atoms with Crippen LogP contribution in [-0.2, 0) is 28.8 Å². The molecule has 3 aromatic carbocycles. The Labute approximate surface area is 237 Å². The SMILES string of the molecule is [CH2]=[Hf]([c]1ccccc1)([CH]1C=CC=C1)([CH]1CCCC1)[CH]1c2cc(C(C)(C)C)ccc2-c2ccc(C(C)(C)C)cc21. The quantitative estimate of drug-likeness (QED) is 0.241. The standard InChI is InChI=1S/C21H25.C6H5.C5H9.C5H5.CH2.Hf/c1-20(2,3)16-7-9-18-14(12-16)11-15-13-17(21(4,5)6)8-10-19(15)18;1-2-4-6-5-3-1;2*1-2-4-5-3-1;;/h7-13H,1-6H3;1-5H;1H,2-5H2;1-5H;1H2;. The Morgan fingerprint density at radius 3 is 1.62 bits per heavy atom. The first-order valence-electron chi connectivity index (χ1n) is 15.2. The molecule has 3 aliphatic carbocycles. The Bertz CT molecular complexity index is 1450. The van der Waals surface area contributed by atoms with Gasteiger partial charge in [0.2, 0.25) is 0 Å². The van der Waals surface area contributed by atoms with Crippen molar-refractivity contribution < 1.29 is 18.0 Å². The summed E-state index contributed by atoms with van der Waals surface area (Å²) in [7, 11) is 0. The third-order valence-electron chi connectivity index (χ3n) is 10.8. The van der Waals surface area contributed by atoms with Crippen LogP contribution in [0.3, 0.4) is 0 Å². The molecule has 0 saturated heterocycles. The molecule has 0 radical (unpaired) electrons. The second kappa shape index (κ2) is 9.20. The molecule has 3 aromatic rings. The maximum absolute atomic E-state index is 5.82. The van der Waals surface area contributed by atoms with Crippen molar-refractivity contribution in [3.05, 3.63) is 113 Å². The monoisotopic (exact) mass is 682 g/mol. The van der Waals surface area contributed by atoms with Gasteiger partial charge in [0.25, 0.3) is 0 Å². The van der Waals surface area contributed by atoms with Gasteiger partial charge in [-0.2, -0.15) is 0 Å². The number of hydrogen-bond acceptors (Lipinski definition) is 0. The number of benzene rings is 3. The van der Waals surface area contributed by atoms with Crippen LogP contribution in [0.25, 0.3) is 11.1 Å². The topological polar surface area (TPSA) is 0 Å². The Morgan fingerprint density at radius 1 is 0.667 bits per heavy atom. The molecule has 0 spiro atoms. The second-order valence-corrected chi connectivity index (χ2v) is 36.8. The van der Waals surface area contributed by atoms with E-state index in [1.165, 1.54) is 47.9 Å². The van der Waals surface area contributed by atoms with Crippen LogP contribution in [0.2, 0.25) is 7.35 Å². The summed E-state index contributed by atoms with van der Waals surface area (Å²) in [5.41, 5.74) is 9.13. The molecule has 0 heterocycles. The third kappa shape index (κ3) is 3.97. The van der Waals surface area contributed by atoms with Gasteiger partial charge < -0.3 is 0 Å². The van der Waals surface area contributed by atoms with Crippen LogP contribution in [0.15, 0.2) is 91.0 Å². The number of hydrogen-bond donors (Lipinski definition) is 0. The molecule has 1 fully saturated rings. The molecule has 0 aliphatic heterocycles. The molecule has 0 bridgehead atoms. The predicted molar refractivity (Wildman–Crippen MR) is 169 cm³/mol. The Hall–Kier alpha value is -2.12. The van der Waals surface area contributed by atoms with E-state index >= 15 is 0 Å². The maximum atomic E-state index is 5.82. The molecule has 0 N–H and O–H groups in total. The molecule has 0 nitrogen and oxygen atoms in total. The van der Waals surface area contributed by atoms with E-state index in [0.29, 0.717) is 11.0 Å². The molecule has 0 aromatic heterocycles. The summed E-state index contributed by atoms with van der Waals surface area (Å²) < 4.78 is 8.93. The first kappa shape index (κ1) is 27.1. The molecule has 1 heteroatoms. The van der Waals surface area contributed by atoms with Gasteiger partial charge >= 0.3 is 239 Å². The molecule has 39 heavy (non-hydrogen) atoms. The molecular formula is C38H46Hf. The zero-order valence-corrected chi connectivity index (χ0v) is 28.5. The van der Waals surface area contributed by atoms with Gasteiger partial charge in [-0.05, 0) is 0 Å². The normalized spacial score (nSPS) is 18.6. The zero-order valence-electron chi connectivity index (χ0n) is 24.9. The van der Waals surface area contributed by atoms with Crippen molar-refractivity contribution in [1.29, 1.82) is 0 Å². The summed E-state index contributed by atoms with van der Waals surface area (Å²) in [6.45, 7) is 14.2. The number of rotatable bonds is 4. The van der Waals surface area contributed by atoms with E-state index in [9.17, 15) is 0 Å². The fraction of sp³-hybridized carbons (Fsp3) is 0.395. The van der Waals surface area contributed by atoms with Gasteiger partial charge in [-0.3, -0.25) is 0 Å². The molecule has 6 rings (SSSR count). The summed E-state index contributed by atoms with van der Waals surface area (Å²) in [6, 6.07) is 26.7. The Balaban J connectivity index is 1.77. The summed E-state index contributed by atoms with van der Waals surface area (Å²) in [6.07, 6.45) is 15.1. The van der Waals surface area contributed by atoms with Crippen LogP contribution in [0.1, 0.15) is 93.2 Å². The predicted octanol–water partition coefficient (Wildman–Crippen LogP) is 10.1. The van der Waals surface area contributed by atoms with Gasteiger partial charge in [-0.1, -0.05) is 0 Å². The van der Waals surface area contributed by atoms with Gasteiger partial charge in [0, 0.05) is 0 Å². The van der Waals surface area contributed by atoms with E-state index in [1.807, 2.05) is 0 Å². The second-order valence-electron chi connectivity index (χ2n) is 14.9.